The summed E-state index contributed by atoms with van der Waals surface area (Å²) in [6.07, 6.45) is 0. The summed E-state index contributed by atoms with van der Waals surface area (Å²) >= 11 is 0. The van der Waals surface area contributed by atoms with Crippen molar-refractivity contribution >= 4 is 11.6 Å². The maximum Gasteiger partial charge on any atom is 0.297 e. The molecule has 1 aromatic heterocycles. The largest absolute Gasteiger partial charge is 0.494 e. The van der Waals surface area contributed by atoms with Crippen molar-refractivity contribution in [2.45, 2.75) is 0 Å². The summed E-state index contributed by atoms with van der Waals surface area (Å²) in [5.41, 5.74) is 0.323. The molecule has 0 atom stereocenters. The Morgan fingerprint density at radius 3 is 3.00 bits per heavy atom. The van der Waals surface area contributed by atoms with Crippen molar-refractivity contribution in [3.8, 4) is 5.75 Å². The molecule has 0 fully saturated rings. The Morgan fingerprint density at radius 1 is 1.53 bits per heavy atom. The minimum atomic E-state index is -0.566. The summed E-state index contributed by atoms with van der Waals surface area (Å²) < 4.78 is 17.8. The fourth-order valence-corrected chi connectivity index (χ4v) is 1.20. The Bertz CT molecular complexity index is 528. The summed E-state index contributed by atoms with van der Waals surface area (Å²) in [6, 6.07) is 3.74. The van der Waals surface area contributed by atoms with Gasteiger partial charge in [-0.1, -0.05) is 0 Å². The molecule has 1 heterocycles. The molecule has 0 aliphatic rings. The van der Waals surface area contributed by atoms with E-state index >= 15 is 0 Å². The molecule has 0 saturated heterocycles. The average molecular weight is 237 g/mol. The van der Waals surface area contributed by atoms with Crippen LogP contribution in [0, 0.1) is 5.82 Å². The molecular formula is C9H8FN5O2. The fourth-order valence-electron chi connectivity index (χ4n) is 1.20. The van der Waals surface area contributed by atoms with E-state index in [1.54, 1.807) is 0 Å². The van der Waals surface area contributed by atoms with Crippen LogP contribution in [0.25, 0.3) is 0 Å². The van der Waals surface area contributed by atoms with E-state index in [2.05, 4.69) is 25.9 Å². The Hall–Kier alpha value is -2.51. The van der Waals surface area contributed by atoms with Gasteiger partial charge in [0.25, 0.3) is 11.7 Å². The molecule has 0 saturated carbocycles. The molecule has 0 radical (unpaired) electrons. The van der Waals surface area contributed by atoms with Gasteiger partial charge in [-0.15, -0.1) is 10.2 Å². The van der Waals surface area contributed by atoms with Crippen molar-refractivity contribution in [1.82, 2.24) is 20.6 Å². The number of ether oxygens (including phenoxy) is 1. The number of H-pyrrole nitrogens is 1. The highest BCUT2D eigenvalue weighted by atomic mass is 19.1. The van der Waals surface area contributed by atoms with E-state index in [0.717, 1.165) is 6.07 Å². The molecule has 1 amide bonds. The van der Waals surface area contributed by atoms with Crippen LogP contribution < -0.4 is 10.1 Å². The van der Waals surface area contributed by atoms with Crippen LogP contribution in [-0.2, 0) is 0 Å². The van der Waals surface area contributed by atoms with Crippen molar-refractivity contribution in [2.24, 2.45) is 0 Å². The Labute approximate surface area is 95.0 Å². The predicted molar refractivity (Wildman–Crippen MR) is 55.1 cm³/mol. The lowest BCUT2D eigenvalue weighted by Gasteiger charge is -2.08. The summed E-state index contributed by atoms with van der Waals surface area (Å²) in [5.74, 6) is -0.929. The van der Waals surface area contributed by atoms with Gasteiger partial charge < -0.3 is 10.1 Å². The number of benzene rings is 1. The number of nitrogens with zero attached hydrogens (tertiary/aromatic N) is 3. The van der Waals surface area contributed by atoms with E-state index < -0.39 is 11.7 Å². The van der Waals surface area contributed by atoms with Crippen LogP contribution in [0.1, 0.15) is 10.6 Å². The van der Waals surface area contributed by atoms with Crippen molar-refractivity contribution in [3.05, 3.63) is 29.8 Å². The monoisotopic (exact) mass is 237 g/mol. The highest BCUT2D eigenvalue weighted by Crippen LogP contribution is 2.25. The number of aromatic nitrogens is 4. The number of anilines is 1. The molecule has 8 heteroatoms. The number of hydrogen-bond acceptors (Lipinski definition) is 5. The van der Waals surface area contributed by atoms with E-state index in [1.165, 1.54) is 19.2 Å². The predicted octanol–water partition coefficient (Wildman–Crippen LogP) is 0.600. The van der Waals surface area contributed by atoms with E-state index in [1.807, 2.05) is 0 Å². The van der Waals surface area contributed by atoms with Crippen molar-refractivity contribution in [3.63, 3.8) is 0 Å². The SMILES string of the molecule is COc1cc(F)ccc1NC(=O)c1nn[nH]n1. The number of methoxy groups -OCH3 is 1. The number of nitrogens with one attached hydrogen (secondary N) is 2. The maximum absolute atomic E-state index is 12.9. The van der Waals surface area contributed by atoms with Crippen LogP contribution in [0.15, 0.2) is 18.2 Å². The fraction of sp³-hybridized carbons (Fsp3) is 0.111. The number of aromatic amines is 1. The minimum absolute atomic E-state index is 0.114. The zero-order valence-corrected chi connectivity index (χ0v) is 8.77. The highest BCUT2D eigenvalue weighted by molar-refractivity contribution is 6.02. The molecular weight excluding hydrogens is 229 g/mol. The summed E-state index contributed by atoms with van der Waals surface area (Å²) in [6.45, 7) is 0. The molecule has 0 aliphatic heterocycles. The van der Waals surface area contributed by atoms with Crippen LogP contribution in [0.2, 0.25) is 0 Å². The van der Waals surface area contributed by atoms with E-state index in [0.29, 0.717) is 5.69 Å². The number of halogens is 1. The lowest BCUT2D eigenvalue weighted by atomic mass is 10.3. The lowest BCUT2D eigenvalue weighted by Crippen LogP contribution is -2.14. The van der Waals surface area contributed by atoms with Gasteiger partial charge in [-0.3, -0.25) is 4.79 Å². The van der Waals surface area contributed by atoms with Gasteiger partial charge in [-0.2, -0.15) is 5.21 Å². The standard InChI is InChI=1S/C9H8FN5O2/c1-17-7-4-5(10)2-3-6(7)11-9(16)8-12-14-15-13-8/h2-4H,1H3,(H,11,16)(H,12,13,14,15). The molecule has 17 heavy (non-hydrogen) atoms. The van der Waals surface area contributed by atoms with E-state index in [-0.39, 0.29) is 11.6 Å². The molecule has 2 aromatic rings. The lowest BCUT2D eigenvalue weighted by molar-refractivity contribution is 0.101. The first-order chi connectivity index (χ1) is 8.20. The Kier molecular flexibility index (Phi) is 2.95. The van der Waals surface area contributed by atoms with Gasteiger partial charge in [0.05, 0.1) is 12.8 Å². The van der Waals surface area contributed by atoms with Gasteiger partial charge in [0.1, 0.15) is 11.6 Å². The zero-order chi connectivity index (χ0) is 12.3. The van der Waals surface area contributed by atoms with Crippen molar-refractivity contribution < 1.29 is 13.9 Å². The third-order valence-corrected chi connectivity index (χ3v) is 1.96. The van der Waals surface area contributed by atoms with Gasteiger partial charge in [0.15, 0.2) is 0 Å². The molecule has 2 N–H and O–H groups in total. The zero-order valence-electron chi connectivity index (χ0n) is 8.77. The van der Waals surface area contributed by atoms with Gasteiger partial charge in [0.2, 0.25) is 0 Å². The number of carbonyl (C=O) groups excluding carboxylic acids is 1. The number of hydrogen-bond donors (Lipinski definition) is 2. The quantitative estimate of drug-likeness (QED) is 0.815. The second-order valence-corrected chi connectivity index (χ2v) is 3.03. The summed E-state index contributed by atoms with van der Waals surface area (Å²) in [5, 5.41) is 14.9. The summed E-state index contributed by atoms with van der Waals surface area (Å²) in [4.78, 5) is 11.6. The molecule has 0 bridgehead atoms. The summed E-state index contributed by atoms with van der Waals surface area (Å²) in [7, 11) is 1.37. The first kappa shape index (κ1) is 11.0. The molecule has 1 aromatic carbocycles. The first-order valence-corrected chi connectivity index (χ1v) is 4.59. The number of amides is 1. The second-order valence-electron chi connectivity index (χ2n) is 3.03. The first-order valence-electron chi connectivity index (χ1n) is 4.59. The molecule has 0 aliphatic carbocycles. The van der Waals surface area contributed by atoms with E-state index in [9.17, 15) is 9.18 Å². The van der Waals surface area contributed by atoms with Crippen LogP contribution >= 0.6 is 0 Å². The third-order valence-electron chi connectivity index (χ3n) is 1.96. The van der Waals surface area contributed by atoms with Crippen LogP contribution in [-0.4, -0.2) is 33.6 Å². The van der Waals surface area contributed by atoms with Crippen LogP contribution in [0.3, 0.4) is 0 Å². The normalized spacial score (nSPS) is 10.0. The van der Waals surface area contributed by atoms with Gasteiger partial charge in [-0.25, -0.2) is 4.39 Å². The number of tetrazole rings is 1. The number of carbonyl (C=O) groups is 1. The van der Waals surface area contributed by atoms with Crippen LogP contribution in [0.5, 0.6) is 5.75 Å². The van der Waals surface area contributed by atoms with Gasteiger partial charge in [-0.05, 0) is 17.3 Å². The molecule has 7 nitrogen and oxygen atoms in total. The van der Waals surface area contributed by atoms with Crippen molar-refractivity contribution in [2.75, 3.05) is 12.4 Å². The minimum Gasteiger partial charge on any atom is -0.494 e. The van der Waals surface area contributed by atoms with Crippen molar-refractivity contribution in [1.29, 1.82) is 0 Å². The van der Waals surface area contributed by atoms with Gasteiger partial charge in [0, 0.05) is 6.07 Å². The third kappa shape index (κ3) is 2.36. The topological polar surface area (TPSA) is 92.8 Å². The maximum atomic E-state index is 12.9. The highest BCUT2D eigenvalue weighted by Gasteiger charge is 2.13. The second kappa shape index (κ2) is 4.56. The molecule has 0 unspecified atom stereocenters. The van der Waals surface area contributed by atoms with E-state index in [4.69, 9.17) is 4.74 Å². The Morgan fingerprint density at radius 2 is 2.35 bits per heavy atom. The average Bonchev–Trinajstić information content (AvgIpc) is 2.85. The molecule has 2 rings (SSSR count). The Balaban J connectivity index is 2.21. The molecule has 88 valence electrons. The van der Waals surface area contributed by atoms with Gasteiger partial charge >= 0.3 is 0 Å². The number of rotatable bonds is 3. The van der Waals surface area contributed by atoms with Crippen LogP contribution in [0.4, 0.5) is 10.1 Å². The smallest absolute Gasteiger partial charge is 0.297 e. The molecule has 0 spiro atoms.